The van der Waals surface area contributed by atoms with Gasteiger partial charge >= 0.3 is 6.18 Å². The first kappa shape index (κ1) is 20.3. The average molecular weight is 451 g/mol. The van der Waals surface area contributed by atoms with E-state index in [0.29, 0.717) is 11.3 Å². The SMILES string of the molecule is N#Cc1cc(C2=CC(c3cc(Cl)cc(Cl)c3)(C(F)(F)F)ON2)ccc1-n1cccn1. The monoisotopic (exact) mass is 450 g/mol. The molecule has 0 saturated carbocycles. The molecule has 0 saturated heterocycles. The number of aromatic nitrogens is 2. The smallest absolute Gasteiger partial charge is 0.265 e. The summed E-state index contributed by atoms with van der Waals surface area (Å²) >= 11 is 11.8. The second-order valence-electron chi connectivity index (χ2n) is 6.45. The van der Waals surface area contributed by atoms with Crippen molar-refractivity contribution in [2.75, 3.05) is 0 Å². The molecule has 5 nitrogen and oxygen atoms in total. The maximum atomic E-state index is 14.1. The molecule has 1 atom stereocenters. The van der Waals surface area contributed by atoms with Gasteiger partial charge in [-0.05, 0) is 42.5 Å². The summed E-state index contributed by atoms with van der Waals surface area (Å²) < 4.78 is 43.8. The van der Waals surface area contributed by atoms with Gasteiger partial charge in [-0.25, -0.2) is 4.68 Å². The number of halogens is 5. The van der Waals surface area contributed by atoms with E-state index >= 15 is 0 Å². The molecule has 0 fully saturated rings. The van der Waals surface area contributed by atoms with Gasteiger partial charge in [-0.1, -0.05) is 29.3 Å². The first-order valence-corrected chi connectivity index (χ1v) is 9.24. The van der Waals surface area contributed by atoms with Crippen molar-refractivity contribution < 1.29 is 18.0 Å². The van der Waals surface area contributed by atoms with Gasteiger partial charge in [0.05, 0.1) is 16.9 Å². The highest BCUT2D eigenvalue weighted by Crippen LogP contribution is 2.48. The molecule has 0 spiro atoms. The number of hydroxylamine groups is 1. The fourth-order valence-corrected chi connectivity index (χ4v) is 3.68. The minimum absolute atomic E-state index is 0.0434. The molecular weight excluding hydrogens is 440 g/mol. The van der Waals surface area contributed by atoms with Crippen molar-refractivity contribution in [3.05, 3.63) is 87.7 Å². The van der Waals surface area contributed by atoms with Crippen LogP contribution >= 0.6 is 23.2 Å². The van der Waals surface area contributed by atoms with E-state index in [-0.39, 0.29) is 26.9 Å². The van der Waals surface area contributed by atoms with Crippen LogP contribution in [0.4, 0.5) is 13.2 Å². The second kappa shape index (κ2) is 7.36. The molecule has 1 unspecified atom stereocenters. The molecule has 0 aliphatic carbocycles. The zero-order valence-corrected chi connectivity index (χ0v) is 16.4. The van der Waals surface area contributed by atoms with E-state index in [1.807, 2.05) is 6.07 Å². The summed E-state index contributed by atoms with van der Waals surface area (Å²) in [7, 11) is 0. The minimum Gasteiger partial charge on any atom is -0.265 e. The molecule has 4 rings (SSSR count). The van der Waals surface area contributed by atoms with E-state index in [9.17, 15) is 18.4 Å². The number of hydrogen-bond acceptors (Lipinski definition) is 4. The standard InChI is InChI=1S/C20H11Cl2F3N4O/c21-15-7-14(8-16(22)9-15)19(20(23,24)25)10-17(28-30-19)12-2-3-18(13(6-12)11-26)29-5-1-4-27-29/h1-10,28H. The van der Waals surface area contributed by atoms with Crippen molar-refractivity contribution in [3.8, 4) is 11.8 Å². The van der Waals surface area contributed by atoms with Gasteiger partial charge in [0.1, 0.15) is 6.07 Å². The van der Waals surface area contributed by atoms with Gasteiger partial charge in [-0.2, -0.15) is 23.5 Å². The molecule has 1 N–H and O–H groups in total. The fourth-order valence-electron chi connectivity index (χ4n) is 3.16. The number of rotatable bonds is 3. The summed E-state index contributed by atoms with van der Waals surface area (Å²) in [5, 5.41) is 13.6. The van der Waals surface area contributed by atoms with E-state index < -0.39 is 11.8 Å². The van der Waals surface area contributed by atoms with Gasteiger partial charge in [0.2, 0.25) is 5.60 Å². The van der Waals surface area contributed by atoms with Crippen molar-refractivity contribution in [1.29, 1.82) is 5.26 Å². The lowest BCUT2D eigenvalue weighted by molar-refractivity contribution is -0.269. The van der Waals surface area contributed by atoms with Crippen LogP contribution in [-0.4, -0.2) is 16.0 Å². The third-order valence-electron chi connectivity index (χ3n) is 4.56. The third kappa shape index (κ3) is 3.41. The van der Waals surface area contributed by atoms with Crippen LogP contribution in [0.15, 0.2) is 60.9 Å². The Bertz CT molecular complexity index is 1170. The van der Waals surface area contributed by atoms with Gasteiger partial charge in [-0.3, -0.25) is 10.3 Å². The predicted octanol–water partition coefficient (Wildman–Crippen LogP) is 5.38. The molecule has 10 heteroatoms. The Kier molecular flexibility index (Phi) is 4.98. The molecule has 30 heavy (non-hydrogen) atoms. The topological polar surface area (TPSA) is 62.9 Å². The van der Waals surface area contributed by atoms with E-state index in [0.717, 1.165) is 18.2 Å². The average Bonchev–Trinajstić information content (AvgIpc) is 3.37. The van der Waals surface area contributed by atoms with Gasteiger partial charge < -0.3 is 0 Å². The van der Waals surface area contributed by atoms with Crippen molar-refractivity contribution in [1.82, 2.24) is 15.3 Å². The first-order chi connectivity index (χ1) is 14.2. The molecular formula is C20H11Cl2F3N4O. The maximum Gasteiger partial charge on any atom is 0.428 e. The second-order valence-corrected chi connectivity index (χ2v) is 7.32. The highest BCUT2D eigenvalue weighted by atomic mass is 35.5. The van der Waals surface area contributed by atoms with Crippen LogP contribution in [0.3, 0.4) is 0 Å². The van der Waals surface area contributed by atoms with Crippen LogP contribution in [0.1, 0.15) is 16.7 Å². The van der Waals surface area contributed by atoms with Crippen molar-refractivity contribution >= 4 is 28.9 Å². The first-order valence-electron chi connectivity index (χ1n) is 8.48. The van der Waals surface area contributed by atoms with E-state index in [4.69, 9.17) is 28.0 Å². The van der Waals surface area contributed by atoms with Crippen LogP contribution < -0.4 is 5.48 Å². The van der Waals surface area contributed by atoms with Gasteiger partial charge in [0.15, 0.2) is 0 Å². The number of nitrogens with one attached hydrogen (secondary N) is 1. The van der Waals surface area contributed by atoms with Crippen LogP contribution in [0, 0.1) is 11.3 Å². The molecule has 0 radical (unpaired) electrons. The molecule has 2 aromatic carbocycles. The van der Waals surface area contributed by atoms with Gasteiger partial charge in [0, 0.05) is 33.6 Å². The Morgan fingerprint density at radius 3 is 2.47 bits per heavy atom. The van der Waals surface area contributed by atoms with Crippen LogP contribution in [-0.2, 0) is 10.4 Å². The summed E-state index contributed by atoms with van der Waals surface area (Å²) in [6.45, 7) is 0. The van der Waals surface area contributed by atoms with Crippen LogP contribution in [0.25, 0.3) is 11.4 Å². The zero-order valence-electron chi connectivity index (χ0n) is 14.9. The Balaban J connectivity index is 1.82. The van der Waals surface area contributed by atoms with Gasteiger partial charge in [-0.15, -0.1) is 0 Å². The molecule has 1 aromatic heterocycles. The zero-order chi connectivity index (χ0) is 21.5. The van der Waals surface area contributed by atoms with Crippen LogP contribution in [0.2, 0.25) is 10.0 Å². The minimum atomic E-state index is -4.82. The lowest BCUT2D eigenvalue weighted by Crippen LogP contribution is -2.42. The lowest BCUT2D eigenvalue weighted by atomic mass is 9.91. The third-order valence-corrected chi connectivity index (χ3v) is 5.00. The number of nitriles is 1. The predicted molar refractivity (Wildman–Crippen MR) is 105 cm³/mol. The molecule has 1 aliphatic heterocycles. The quantitative estimate of drug-likeness (QED) is 0.581. The number of alkyl halides is 3. The summed E-state index contributed by atoms with van der Waals surface area (Å²) in [4.78, 5) is 5.06. The van der Waals surface area contributed by atoms with Crippen molar-refractivity contribution in [2.45, 2.75) is 11.8 Å². The van der Waals surface area contributed by atoms with E-state index in [1.54, 1.807) is 30.6 Å². The molecule has 3 aromatic rings. The van der Waals surface area contributed by atoms with Gasteiger partial charge in [0.25, 0.3) is 0 Å². The molecule has 1 aliphatic rings. The Hall–Kier alpha value is -2.99. The molecule has 0 amide bonds. The summed E-state index contributed by atoms with van der Waals surface area (Å²) in [5.74, 6) is 0. The lowest BCUT2D eigenvalue weighted by Gasteiger charge is -2.28. The van der Waals surface area contributed by atoms with E-state index in [1.165, 1.54) is 16.8 Å². The Morgan fingerprint density at radius 1 is 1.13 bits per heavy atom. The van der Waals surface area contributed by atoms with Crippen molar-refractivity contribution in [3.63, 3.8) is 0 Å². The highest BCUT2D eigenvalue weighted by Gasteiger charge is 2.59. The fraction of sp³-hybridized carbons (Fsp3) is 0.100. The Morgan fingerprint density at radius 2 is 1.87 bits per heavy atom. The van der Waals surface area contributed by atoms with E-state index in [2.05, 4.69) is 10.6 Å². The molecule has 2 heterocycles. The molecule has 152 valence electrons. The normalized spacial score (nSPS) is 18.6. The number of nitrogens with zero attached hydrogens (tertiary/aromatic N) is 3. The summed E-state index contributed by atoms with van der Waals surface area (Å²) in [5.41, 5.74) is 0.369. The largest absolute Gasteiger partial charge is 0.428 e. The number of benzene rings is 2. The van der Waals surface area contributed by atoms with Crippen LogP contribution in [0.5, 0.6) is 0 Å². The highest BCUT2D eigenvalue weighted by molar-refractivity contribution is 6.34. The summed E-state index contributed by atoms with van der Waals surface area (Å²) in [6.07, 6.45) is -0.705. The summed E-state index contributed by atoms with van der Waals surface area (Å²) in [6, 6.07) is 12.0. The maximum absolute atomic E-state index is 14.1. The van der Waals surface area contributed by atoms with Crippen molar-refractivity contribution in [2.24, 2.45) is 0 Å². The molecule has 0 bridgehead atoms. The Labute approximate surface area is 178 Å². The number of hydrogen-bond donors (Lipinski definition) is 1.